The highest BCUT2D eigenvalue weighted by atomic mass is 16.3. The summed E-state index contributed by atoms with van der Waals surface area (Å²) in [5.74, 6) is 0. The third kappa shape index (κ3) is 3.52. The van der Waals surface area contributed by atoms with Crippen LogP contribution in [0.1, 0.15) is 0 Å². The van der Waals surface area contributed by atoms with E-state index in [0.717, 1.165) is 60.9 Å². The highest BCUT2D eigenvalue weighted by molar-refractivity contribution is 6.34. The second-order valence-electron chi connectivity index (χ2n) is 11.7. The lowest BCUT2D eigenvalue weighted by Gasteiger charge is -2.26. The molecule has 2 heterocycles. The van der Waals surface area contributed by atoms with Crippen molar-refractivity contribution in [3.63, 3.8) is 0 Å². The summed E-state index contributed by atoms with van der Waals surface area (Å²) in [7, 11) is 0. The van der Waals surface area contributed by atoms with Crippen molar-refractivity contribution in [1.29, 1.82) is 0 Å². The Balaban J connectivity index is 1.23. The van der Waals surface area contributed by atoms with Crippen molar-refractivity contribution in [3.05, 3.63) is 152 Å². The van der Waals surface area contributed by atoms with Crippen LogP contribution in [0.2, 0.25) is 0 Å². The van der Waals surface area contributed by atoms with Crippen molar-refractivity contribution in [1.82, 2.24) is 0 Å². The van der Waals surface area contributed by atoms with E-state index in [9.17, 15) is 0 Å². The minimum Gasteiger partial charge on any atom is -0.456 e. The zero-order chi connectivity index (χ0) is 29.5. The van der Waals surface area contributed by atoms with E-state index in [0.29, 0.717) is 0 Å². The zero-order valence-corrected chi connectivity index (χ0v) is 24.2. The van der Waals surface area contributed by atoms with Gasteiger partial charge in [0.15, 0.2) is 0 Å². The van der Waals surface area contributed by atoms with Gasteiger partial charge in [-0.2, -0.15) is 0 Å². The lowest BCUT2D eigenvalue weighted by molar-refractivity contribution is 0.669. The maximum atomic E-state index is 6.47. The molecule has 0 aliphatic carbocycles. The van der Waals surface area contributed by atoms with E-state index in [1.807, 2.05) is 18.2 Å². The Morgan fingerprint density at radius 3 is 1.76 bits per heavy atom. The summed E-state index contributed by atoms with van der Waals surface area (Å²) in [6.45, 7) is 0. The number of nitrogens with zero attached hydrogens (tertiary/aromatic N) is 1. The van der Waals surface area contributed by atoms with Crippen molar-refractivity contribution < 1.29 is 8.83 Å². The third-order valence-corrected chi connectivity index (χ3v) is 9.20. The van der Waals surface area contributed by atoms with Crippen LogP contribution in [0, 0.1) is 0 Å². The van der Waals surface area contributed by atoms with Gasteiger partial charge in [-0.1, -0.05) is 97.1 Å². The molecule has 0 unspecified atom stereocenters. The molecule has 0 saturated carbocycles. The summed E-state index contributed by atoms with van der Waals surface area (Å²) in [6.07, 6.45) is 0. The normalized spacial score (nSPS) is 12.0. The fourth-order valence-corrected chi connectivity index (χ4v) is 7.23. The van der Waals surface area contributed by atoms with Gasteiger partial charge in [0.05, 0.1) is 0 Å². The van der Waals surface area contributed by atoms with Gasteiger partial charge in [0, 0.05) is 50.1 Å². The molecular formula is C42H25NO2. The van der Waals surface area contributed by atoms with Crippen LogP contribution in [0.4, 0.5) is 17.1 Å². The fraction of sp³-hybridized carbons (Fsp3) is 0. The Bertz CT molecular complexity index is 2770. The number of hydrogen-bond donors (Lipinski definition) is 0. The molecule has 3 nitrogen and oxygen atoms in total. The summed E-state index contributed by atoms with van der Waals surface area (Å²) in [5, 5.41) is 11.8. The quantitative estimate of drug-likeness (QED) is 0.196. The molecule has 0 N–H and O–H groups in total. The van der Waals surface area contributed by atoms with Crippen LogP contribution >= 0.6 is 0 Å². The van der Waals surface area contributed by atoms with Crippen LogP contribution in [-0.4, -0.2) is 0 Å². The van der Waals surface area contributed by atoms with Gasteiger partial charge < -0.3 is 13.7 Å². The highest BCUT2D eigenvalue weighted by Gasteiger charge is 2.19. The summed E-state index contributed by atoms with van der Waals surface area (Å²) < 4.78 is 12.8. The molecule has 0 bridgehead atoms. The molecule has 0 aliphatic rings. The summed E-state index contributed by atoms with van der Waals surface area (Å²) in [5.41, 5.74) is 6.87. The molecule has 8 aromatic carbocycles. The zero-order valence-electron chi connectivity index (χ0n) is 24.2. The second kappa shape index (κ2) is 9.22. The van der Waals surface area contributed by atoms with Crippen molar-refractivity contribution in [2.24, 2.45) is 0 Å². The van der Waals surface area contributed by atoms with Crippen LogP contribution in [0.25, 0.3) is 76.2 Å². The molecule has 0 aliphatic heterocycles. The predicted octanol–water partition coefficient (Wildman–Crippen LogP) is 12.4. The first-order valence-corrected chi connectivity index (χ1v) is 15.3. The number of rotatable bonds is 3. The topological polar surface area (TPSA) is 29.5 Å². The first-order chi connectivity index (χ1) is 22.3. The van der Waals surface area contributed by atoms with Crippen molar-refractivity contribution >= 4 is 93.3 Å². The van der Waals surface area contributed by atoms with Crippen molar-refractivity contribution in [2.45, 2.75) is 0 Å². The largest absolute Gasteiger partial charge is 0.456 e. The van der Waals surface area contributed by atoms with Crippen LogP contribution in [0.3, 0.4) is 0 Å². The Morgan fingerprint density at radius 1 is 0.333 bits per heavy atom. The molecule has 0 spiro atoms. The molecular weight excluding hydrogens is 550 g/mol. The Labute approximate surface area is 258 Å². The number of hydrogen-bond acceptors (Lipinski definition) is 3. The van der Waals surface area contributed by atoms with Crippen molar-refractivity contribution in [2.75, 3.05) is 4.90 Å². The first-order valence-electron chi connectivity index (χ1n) is 15.3. The molecule has 45 heavy (non-hydrogen) atoms. The predicted molar refractivity (Wildman–Crippen MR) is 188 cm³/mol. The molecule has 10 rings (SSSR count). The molecule has 0 saturated heterocycles. The number of furan rings is 2. The maximum absolute atomic E-state index is 6.47. The molecule has 0 radical (unpaired) electrons. The van der Waals surface area contributed by atoms with Gasteiger partial charge >= 0.3 is 0 Å². The van der Waals surface area contributed by atoms with Gasteiger partial charge in [0.1, 0.15) is 22.3 Å². The summed E-state index contributed by atoms with van der Waals surface area (Å²) in [4.78, 5) is 2.31. The molecule has 0 amide bonds. The average molecular weight is 576 g/mol. The summed E-state index contributed by atoms with van der Waals surface area (Å²) >= 11 is 0. The second-order valence-corrected chi connectivity index (χ2v) is 11.7. The van der Waals surface area contributed by atoms with Gasteiger partial charge in [-0.15, -0.1) is 0 Å². The average Bonchev–Trinajstić information content (AvgIpc) is 3.67. The number of anilines is 3. The van der Waals surface area contributed by atoms with Crippen LogP contribution in [-0.2, 0) is 0 Å². The minimum absolute atomic E-state index is 0.879. The summed E-state index contributed by atoms with van der Waals surface area (Å²) in [6, 6.07) is 53.6. The Hall–Kier alpha value is -6.06. The van der Waals surface area contributed by atoms with E-state index in [1.54, 1.807) is 0 Å². The lowest BCUT2D eigenvalue weighted by Crippen LogP contribution is -2.09. The van der Waals surface area contributed by atoms with Crippen LogP contribution < -0.4 is 4.90 Å². The smallest absolute Gasteiger partial charge is 0.143 e. The van der Waals surface area contributed by atoms with E-state index < -0.39 is 0 Å². The number of para-hydroxylation sites is 3. The van der Waals surface area contributed by atoms with Gasteiger partial charge in [0.25, 0.3) is 0 Å². The van der Waals surface area contributed by atoms with Gasteiger partial charge in [-0.3, -0.25) is 0 Å². The highest BCUT2D eigenvalue weighted by Crippen LogP contribution is 2.45. The fourth-order valence-electron chi connectivity index (χ4n) is 7.23. The van der Waals surface area contributed by atoms with Gasteiger partial charge in [-0.05, 0) is 75.5 Å². The van der Waals surface area contributed by atoms with E-state index in [2.05, 4.69) is 138 Å². The third-order valence-electron chi connectivity index (χ3n) is 9.20. The first kappa shape index (κ1) is 24.4. The van der Waals surface area contributed by atoms with E-state index in [1.165, 1.54) is 32.3 Å². The lowest BCUT2D eigenvalue weighted by atomic mass is 9.92. The van der Waals surface area contributed by atoms with Crippen molar-refractivity contribution in [3.8, 4) is 0 Å². The molecule has 2 aromatic heterocycles. The molecule has 0 atom stereocenters. The number of fused-ring (bicyclic) bond motifs is 13. The Kier molecular flexibility index (Phi) is 5.00. The Morgan fingerprint density at radius 2 is 0.933 bits per heavy atom. The molecule has 0 fully saturated rings. The van der Waals surface area contributed by atoms with Gasteiger partial charge in [0.2, 0.25) is 0 Å². The minimum atomic E-state index is 0.879. The molecule has 10 aromatic rings. The maximum Gasteiger partial charge on any atom is 0.143 e. The van der Waals surface area contributed by atoms with E-state index >= 15 is 0 Å². The molecule has 210 valence electrons. The van der Waals surface area contributed by atoms with Crippen LogP contribution in [0.15, 0.2) is 160 Å². The van der Waals surface area contributed by atoms with Gasteiger partial charge in [-0.25, -0.2) is 0 Å². The molecule has 3 heteroatoms. The SMILES string of the molecule is c1ccc(N(c2ccc3c(ccc4c3c3ccccc3c3oc5ccccc5c43)c2)c2ccc3c(c2)oc2ccccc23)cc1. The standard InChI is InChI=1S/C42H25NO2/c1-2-10-27(11-3-1)43(29-20-23-32-31-12-6-8-16-37(31)44-39(32)25-29)28-19-22-30-26(24-28)18-21-36-40(30)33-13-4-5-14-34(33)42-41(36)35-15-7-9-17-38(35)45-42/h1-25H. The number of benzene rings is 8. The van der Waals surface area contributed by atoms with E-state index in [4.69, 9.17) is 8.83 Å². The van der Waals surface area contributed by atoms with E-state index in [-0.39, 0.29) is 0 Å². The monoisotopic (exact) mass is 575 g/mol. The van der Waals surface area contributed by atoms with Crippen LogP contribution in [0.5, 0.6) is 0 Å².